The van der Waals surface area contributed by atoms with Gasteiger partial charge in [-0.3, -0.25) is 14.9 Å². The lowest BCUT2D eigenvalue weighted by Crippen LogP contribution is -2.11. The van der Waals surface area contributed by atoms with E-state index in [1.54, 1.807) is 23.9 Å². The van der Waals surface area contributed by atoms with Crippen LogP contribution in [0.1, 0.15) is 19.8 Å². The molecule has 90 valence electrons. The van der Waals surface area contributed by atoms with Crippen LogP contribution in [0.3, 0.4) is 0 Å². The van der Waals surface area contributed by atoms with Gasteiger partial charge in [0.05, 0.1) is 4.92 Å². The highest BCUT2D eigenvalue weighted by Gasteiger charge is 2.31. The first kappa shape index (κ1) is 12.1. The highest BCUT2D eigenvalue weighted by atomic mass is 32.2. The summed E-state index contributed by atoms with van der Waals surface area (Å²) < 4.78 is 0. The summed E-state index contributed by atoms with van der Waals surface area (Å²) in [6.45, 7) is 1.96. The molecular formula is C12H13NO3S. The van der Waals surface area contributed by atoms with Crippen LogP contribution in [0.5, 0.6) is 0 Å². The number of ketones is 1. The van der Waals surface area contributed by atoms with Gasteiger partial charge >= 0.3 is 0 Å². The zero-order valence-corrected chi connectivity index (χ0v) is 10.3. The Bertz CT molecular complexity index is 444. The zero-order valence-electron chi connectivity index (χ0n) is 9.46. The number of carbonyl (C=O) groups excluding carboxylic acids is 1. The Morgan fingerprint density at radius 1 is 1.35 bits per heavy atom. The second-order valence-corrected chi connectivity index (χ2v) is 5.51. The molecule has 0 spiro atoms. The van der Waals surface area contributed by atoms with Crippen molar-refractivity contribution in [2.45, 2.75) is 29.9 Å². The van der Waals surface area contributed by atoms with Crippen LogP contribution < -0.4 is 0 Å². The maximum absolute atomic E-state index is 11.4. The van der Waals surface area contributed by atoms with Crippen molar-refractivity contribution in [2.75, 3.05) is 0 Å². The molecule has 4 nitrogen and oxygen atoms in total. The van der Waals surface area contributed by atoms with Crippen molar-refractivity contribution in [1.29, 1.82) is 0 Å². The van der Waals surface area contributed by atoms with Crippen molar-refractivity contribution in [2.24, 2.45) is 5.92 Å². The normalized spacial score (nSPS) is 23.9. The van der Waals surface area contributed by atoms with E-state index in [2.05, 4.69) is 0 Å². The number of hydrogen-bond acceptors (Lipinski definition) is 4. The molecular weight excluding hydrogens is 238 g/mol. The number of nitrogens with zero attached hydrogens (tertiary/aromatic N) is 1. The first-order chi connectivity index (χ1) is 8.08. The van der Waals surface area contributed by atoms with Crippen LogP contribution >= 0.6 is 11.8 Å². The quantitative estimate of drug-likeness (QED) is 0.612. The van der Waals surface area contributed by atoms with E-state index in [-0.39, 0.29) is 11.6 Å². The van der Waals surface area contributed by atoms with Gasteiger partial charge in [-0.25, -0.2) is 0 Å². The molecule has 0 N–H and O–H groups in total. The van der Waals surface area contributed by atoms with Crippen LogP contribution in [0.25, 0.3) is 0 Å². The van der Waals surface area contributed by atoms with Crippen molar-refractivity contribution in [3.63, 3.8) is 0 Å². The van der Waals surface area contributed by atoms with Gasteiger partial charge in [-0.15, -0.1) is 11.8 Å². The molecule has 1 saturated carbocycles. The Morgan fingerprint density at radius 3 is 2.47 bits per heavy atom. The highest BCUT2D eigenvalue weighted by molar-refractivity contribution is 8.00. The Balaban J connectivity index is 2.04. The Labute approximate surface area is 104 Å². The lowest BCUT2D eigenvalue weighted by atomic mass is 10.1. The third kappa shape index (κ3) is 2.66. The molecule has 0 heterocycles. The molecule has 1 aliphatic rings. The molecule has 1 fully saturated rings. The monoisotopic (exact) mass is 251 g/mol. The summed E-state index contributed by atoms with van der Waals surface area (Å²) >= 11 is 1.64. The predicted molar refractivity (Wildman–Crippen MR) is 66.1 cm³/mol. The number of benzene rings is 1. The molecule has 5 heteroatoms. The number of carbonyl (C=O) groups is 1. The molecule has 0 saturated heterocycles. The molecule has 0 aromatic heterocycles. The number of rotatable bonds is 3. The number of nitro benzene ring substituents is 1. The fourth-order valence-corrected chi connectivity index (χ4v) is 3.19. The molecule has 2 atom stereocenters. The molecule has 2 rings (SSSR count). The van der Waals surface area contributed by atoms with E-state index in [0.29, 0.717) is 17.5 Å². The van der Waals surface area contributed by atoms with Gasteiger partial charge in [-0.1, -0.05) is 6.92 Å². The fourth-order valence-electron chi connectivity index (χ4n) is 1.95. The van der Waals surface area contributed by atoms with Gasteiger partial charge < -0.3 is 0 Å². The van der Waals surface area contributed by atoms with Gasteiger partial charge in [0.1, 0.15) is 5.78 Å². The van der Waals surface area contributed by atoms with E-state index in [1.165, 1.54) is 12.1 Å². The zero-order chi connectivity index (χ0) is 12.4. The average Bonchev–Trinajstić information content (AvgIpc) is 2.62. The van der Waals surface area contributed by atoms with E-state index in [4.69, 9.17) is 0 Å². The first-order valence-corrected chi connectivity index (χ1v) is 6.39. The Kier molecular flexibility index (Phi) is 3.47. The van der Waals surface area contributed by atoms with Gasteiger partial charge in [0.2, 0.25) is 0 Å². The van der Waals surface area contributed by atoms with Gasteiger partial charge in [0.15, 0.2) is 0 Å². The van der Waals surface area contributed by atoms with Crippen molar-refractivity contribution < 1.29 is 9.72 Å². The Hall–Kier alpha value is -1.36. The summed E-state index contributed by atoms with van der Waals surface area (Å²) in [6, 6.07) is 6.50. The van der Waals surface area contributed by atoms with Crippen molar-refractivity contribution in [1.82, 2.24) is 0 Å². The van der Waals surface area contributed by atoms with Gasteiger partial charge in [0.25, 0.3) is 5.69 Å². The van der Waals surface area contributed by atoms with Gasteiger partial charge in [0, 0.05) is 34.6 Å². The lowest BCUT2D eigenvalue weighted by Gasteiger charge is -2.13. The number of Topliss-reactive ketones (excluding diaryl/α,β-unsaturated/α-hetero) is 1. The van der Waals surface area contributed by atoms with Crippen LogP contribution in [0.4, 0.5) is 5.69 Å². The summed E-state index contributed by atoms with van der Waals surface area (Å²) in [5, 5.41) is 10.8. The molecule has 0 amide bonds. The summed E-state index contributed by atoms with van der Waals surface area (Å²) in [4.78, 5) is 22.5. The fraction of sp³-hybridized carbons (Fsp3) is 0.417. The SMILES string of the molecule is CC1C(=O)CCC1Sc1ccc([N+](=O)[O-])cc1. The van der Waals surface area contributed by atoms with E-state index in [1.807, 2.05) is 6.92 Å². The molecule has 1 aliphatic carbocycles. The van der Waals surface area contributed by atoms with Crippen LogP contribution in [-0.2, 0) is 4.79 Å². The molecule has 0 bridgehead atoms. The largest absolute Gasteiger partial charge is 0.299 e. The van der Waals surface area contributed by atoms with Crippen molar-refractivity contribution in [3.05, 3.63) is 34.4 Å². The molecule has 2 unspecified atom stereocenters. The van der Waals surface area contributed by atoms with E-state index >= 15 is 0 Å². The minimum atomic E-state index is -0.407. The maximum Gasteiger partial charge on any atom is 0.269 e. The van der Waals surface area contributed by atoms with Crippen LogP contribution in [0.15, 0.2) is 29.2 Å². The van der Waals surface area contributed by atoms with Gasteiger partial charge in [-0.05, 0) is 18.6 Å². The standard InChI is InChI=1S/C12H13NO3S/c1-8-11(14)6-7-12(8)17-10-4-2-9(3-5-10)13(15)16/h2-5,8,12H,6-7H2,1H3. The molecule has 1 aromatic rings. The van der Waals surface area contributed by atoms with Crippen LogP contribution in [-0.4, -0.2) is 16.0 Å². The summed E-state index contributed by atoms with van der Waals surface area (Å²) in [5.41, 5.74) is 0.102. The minimum absolute atomic E-state index is 0.0928. The van der Waals surface area contributed by atoms with Crippen LogP contribution in [0, 0.1) is 16.0 Å². The second kappa shape index (κ2) is 4.87. The van der Waals surface area contributed by atoms with Crippen LogP contribution in [0.2, 0.25) is 0 Å². The molecule has 0 aliphatic heterocycles. The number of thioether (sulfide) groups is 1. The summed E-state index contributed by atoms with van der Waals surface area (Å²) in [5.74, 6) is 0.416. The maximum atomic E-state index is 11.4. The predicted octanol–water partition coefficient (Wildman–Crippen LogP) is 3.05. The molecule has 0 radical (unpaired) electrons. The molecule has 17 heavy (non-hydrogen) atoms. The lowest BCUT2D eigenvalue weighted by molar-refractivity contribution is -0.384. The Morgan fingerprint density at radius 2 is 2.00 bits per heavy atom. The van der Waals surface area contributed by atoms with Crippen molar-refractivity contribution >= 4 is 23.2 Å². The van der Waals surface area contributed by atoms with Gasteiger partial charge in [-0.2, -0.15) is 0 Å². The minimum Gasteiger partial charge on any atom is -0.299 e. The topological polar surface area (TPSA) is 60.2 Å². The number of non-ortho nitro benzene ring substituents is 1. The smallest absolute Gasteiger partial charge is 0.269 e. The third-order valence-corrected chi connectivity index (χ3v) is 4.57. The first-order valence-electron chi connectivity index (χ1n) is 5.52. The second-order valence-electron chi connectivity index (χ2n) is 4.20. The highest BCUT2D eigenvalue weighted by Crippen LogP contribution is 2.37. The van der Waals surface area contributed by atoms with E-state index < -0.39 is 4.92 Å². The average molecular weight is 251 g/mol. The summed E-state index contributed by atoms with van der Waals surface area (Å²) in [6.07, 6.45) is 1.56. The van der Waals surface area contributed by atoms with E-state index in [9.17, 15) is 14.9 Å². The summed E-state index contributed by atoms with van der Waals surface area (Å²) in [7, 11) is 0. The van der Waals surface area contributed by atoms with Crippen molar-refractivity contribution in [3.8, 4) is 0 Å². The van der Waals surface area contributed by atoms with E-state index in [0.717, 1.165) is 11.3 Å². The number of hydrogen-bond donors (Lipinski definition) is 0. The number of nitro groups is 1. The molecule has 1 aromatic carbocycles. The third-order valence-electron chi connectivity index (χ3n) is 3.08.